The molecule has 3 aliphatic rings. The molecule has 10 nitrogen and oxygen atoms in total. The van der Waals surface area contributed by atoms with Crippen molar-refractivity contribution in [1.82, 2.24) is 4.90 Å². The number of nitrogens with zero attached hydrogens (tertiary/aromatic N) is 2. The molecule has 55 heavy (non-hydrogen) atoms. The third-order valence-electron chi connectivity index (χ3n) is 10.8. The molecule has 6 unspecified atom stereocenters. The first kappa shape index (κ1) is 42.4. The Morgan fingerprint density at radius 3 is 2.55 bits per heavy atom. The van der Waals surface area contributed by atoms with E-state index in [1.165, 1.54) is 4.90 Å². The minimum atomic E-state index is -1.32. The quantitative estimate of drug-likeness (QED) is 0.0496. The summed E-state index contributed by atoms with van der Waals surface area (Å²) in [6.07, 6.45) is 11.7. The largest absolute Gasteiger partial charge is 0.493 e. The predicted octanol–water partition coefficient (Wildman–Crippen LogP) is 8.55. The van der Waals surface area contributed by atoms with Crippen molar-refractivity contribution in [3.8, 4) is 11.5 Å². The van der Waals surface area contributed by atoms with E-state index < -0.39 is 17.9 Å². The van der Waals surface area contributed by atoms with Crippen LogP contribution in [-0.4, -0.2) is 91.2 Å². The van der Waals surface area contributed by atoms with Gasteiger partial charge < -0.3 is 34.0 Å². The van der Waals surface area contributed by atoms with Crippen LogP contribution in [0.25, 0.3) is 0 Å². The molecule has 2 aliphatic carbocycles. The van der Waals surface area contributed by atoms with Gasteiger partial charge in [-0.25, -0.2) is 4.79 Å². The summed E-state index contributed by atoms with van der Waals surface area (Å²) >= 11 is 1.75. The molecule has 0 aromatic heterocycles. The number of aliphatic hydroxyl groups excluding tert-OH is 2. The van der Waals surface area contributed by atoms with E-state index in [0.717, 1.165) is 54.0 Å². The number of benzene rings is 2. The smallest absolute Gasteiger partial charge is 0.410 e. The fourth-order valence-corrected chi connectivity index (χ4v) is 9.36. The number of amides is 1. The lowest BCUT2D eigenvalue weighted by Crippen LogP contribution is -2.70. The lowest BCUT2D eigenvalue weighted by Gasteiger charge is -2.59. The molecule has 300 valence electrons. The molecular weight excluding hydrogens is 717 g/mol. The highest BCUT2D eigenvalue weighted by Gasteiger charge is 2.65. The molecule has 5 rings (SSSR count). The first-order valence-electron chi connectivity index (χ1n) is 19.9. The monoisotopic (exact) mass is 776 g/mol. The number of carbonyl (C=O) groups is 1. The van der Waals surface area contributed by atoms with Crippen LogP contribution in [0.4, 0.5) is 4.79 Å². The summed E-state index contributed by atoms with van der Waals surface area (Å²) in [7, 11) is 1.55. The van der Waals surface area contributed by atoms with E-state index in [4.69, 9.17) is 23.8 Å². The fourth-order valence-electron chi connectivity index (χ4n) is 8.61. The van der Waals surface area contributed by atoms with E-state index in [2.05, 4.69) is 42.6 Å². The summed E-state index contributed by atoms with van der Waals surface area (Å²) in [6, 6.07) is 15.7. The molecule has 0 radical (unpaired) electrons. The van der Waals surface area contributed by atoms with Crippen LogP contribution in [0.3, 0.4) is 0 Å². The Labute approximate surface area is 331 Å². The Morgan fingerprint density at radius 1 is 1.05 bits per heavy atom. The average molecular weight is 777 g/mol. The first-order chi connectivity index (χ1) is 27.0. The molecule has 2 aromatic carbocycles. The first-order valence-corrected chi connectivity index (χ1v) is 20.9. The second kappa shape index (κ2) is 21.5. The van der Waals surface area contributed by atoms with Gasteiger partial charge in [0.1, 0.15) is 24.7 Å². The summed E-state index contributed by atoms with van der Waals surface area (Å²) in [5.74, 6) is 0.673. The normalized spacial score (nSPS) is 24.5. The average Bonchev–Trinajstić information content (AvgIpc) is 3.20. The second-order valence-electron chi connectivity index (χ2n) is 14.4. The summed E-state index contributed by atoms with van der Waals surface area (Å²) in [5.41, 5.74) is 2.77. The molecule has 1 heterocycles. The van der Waals surface area contributed by atoms with Gasteiger partial charge in [-0.2, -0.15) is 0 Å². The number of hydrogen-bond acceptors (Lipinski definition) is 10. The Bertz CT molecular complexity index is 1600. The second-order valence-corrected chi connectivity index (χ2v) is 15.5. The number of thioether (sulfide) groups is 1. The summed E-state index contributed by atoms with van der Waals surface area (Å²) in [5, 5.41) is 24.3. The van der Waals surface area contributed by atoms with Crippen LogP contribution in [-0.2, 0) is 14.3 Å². The third-order valence-corrected chi connectivity index (χ3v) is 11.8. The number of fused-ring (bicyclic) bond motifs is 2. The van der Waals surface area contributed by atoms with Crippen LogP contribution in [0.1, 0.15) is 76.2 Å². The van der Waals surface area contributed by atoms with Crippen LogP contribution in [0.2, 0.25) is 0 Å². The summed E-state index contributed by atoms with van der Waals surface area (Å²) in [4.78, 5) is 22.5. The van der Waals surface area contributed by atoms with Crippen LogP contribution in [0.5, 0.6) is 11.5 Å². The van der Waals surface area contributed by atoms with E-state index >= 15 is 0 Å². The van der Waals surface area contributed by atoms with E-state index in [-0.39, 0.29) is 50.1 Å². The number of carbonyl (C=O) groups excluding carboxylic acids is 1. The molecule has 2 N–H and O–H groups in total. The van der Waals surface area contributed by atoms with Crippen molar-refractivity contribution < 1.29 is 38.8 Å². The maximum Gasteiger partial charge on any atom is 0.410 e. The van der Waals surface area contributed by atoms with Gasteiger partial charge in [0.2, 0.25) is 5.79 Å². The standard InChI is InChI=1S/C44H60N2O8S/c1-5-8-26-52-43(49)46(22-6-2)40-31-38(45-50-4)36-29-32(16-12-14-23-47)35(19-13-15-24-48)41-37-30-33(51-27-28-55-34-17-10-9-11-18-34)20-21-39(37)54-44(40,42(36)41)53-25-7-3/h5,7,9-11,17-18,20-21,29-30,32,35,40-42,47-48H,1,3,6,8,12-16,19,22-28,31H2,2,4H3. The lowest BCUT2D eigenvalue weighted by molar-refractivity contribution is -0.255. The number of oxime groups is 1. The van der Waals surface area contributed by atoms with Gasteiger partial charge in [-0.15, -0.1) is 24.9 Å². The number of allylic oxidation sites excluding steroid dienone is 1. The van der Waals surface area contributed by atoms with E-state index in [1.54, 1.807) is 35.9 Å². The molecule has 1 fully saturated rings. The number of ether oxygens (including phenoxy) is 4. The minimum absolute atomic E-state index is 0.120. The van der Waals surface area contributed by atoms with Gasteiger partial charge in [0.05, 0.1) is 31.5 Å². The van der Waals surface area contributed by atoms with Crippen molar-refractivity contribution in [1.29, 1.82) is 0 Å². The highest BCUT2D eigenvalue weighted by molar-refractivity contribution is 7.99. The van der Waals surface area contributed by atoms with Gasteiger partial charge in [-0.3, -0.25) is 4.90 Å². The Hall–Kier alpha value is -3.77. The van der Waals surface area contributed by atoms with Crippen LogP contribution >= 0.6 is 11.8 Å². The SMILES string of the molecule is C=CCCOC(=O)N(CCC)C1CC(=NOC)C2=CC(CCCCO)C(CCCCO)C3c4cc(OCCSc5ccccc5)ccc4OC1(OCC=C)C23. The molecule has 11 heteroatoms. The predicted molar refractivity (Wildman–Crippen MR) is 218 cm³/mol. The van der Waals surface area contributed by atoms with Crippen LogP contribution < -0.4 is 9.47 Å². The van der Waals surface area contributed by atoms with Gasteiger partial charge in [0, 0.05) is 48.3 Å². The summed E-state index contributed by atoms with van der Waals surface area (Å²) < 4.78 is 26.4. The Balaban J connectivity index is 1.66. The number of unbranched alkanes of at least 4 members (excludes halogenated alkanes) is 2. The lowest BCUT2D eigenvalue weighted by atomic mass is 9.55. The fraction of sp³-hybridized carbons (Fsp3) is 0.545. The van der Waals surface area contributed by atoms with Crippen molar-refractivity contribution in [2.45, 2.75) is 87.4 Å². The van der Waals surface area contributed by atoms with Crippen LogP contribution in [0.15, 0.2) is 95.5 Å². The van der Waals surface area contributed by atoms with E-state index in [9.17, 15) is 15.0 Å². The highest BCUT2D eigenvalue weighted by Crippen LogP contribution is 2.62. The molecular formula is C44H60N2O8S. The van der Waals surface area contributed by atoms with Crippen molar-refractivity contribution in [2.24, 2.45) is 22.9 Å². The molecule has 0 saturated heterocycles. The topological polar surface area (TPSA) is 119 Å². The summed E-state index contributed by atoms with van der Waals surface area (Å²) in [6.45, 7) is 11.4. The van der Waals surface area contributed by atoms with E-state index in [0.29, 0.717) is 51.0 Å². The molecule has 2 aromatic rings. The maximum atomic E-state index is 14.0. The zero-order valence-electron chi connectivity index (χ0n) is 32.6. The van der Waals surface area contributed by atoms with Gasteiger partial charge in [-0.1, -0.05) is 61.3 Å². The molecule has 0 bridgehead atoms. The van der Waals surface area contributed by atoms with Crippen molar-refractivity contribution >= 4 is 23.6 Å². The number of hydrogen-bond donors (Lipinski definition) is 2. The maximum absolute atomic E-state index is 14.0. The third kappa shape index (κ3) is 10.2. The van der Waals surface area contributed by atoms with E-state index in [1.807, 2.05) is 37.3 Å². The zero-order valence-corrected chi connectivity index (χ0v) is 33.4. The minimum Gasteiger partial charge on any atom is -0.493 e. The number of rotatable bonds is 23. The zero-order chi connectivity index (χ0) is 39.0. The van der Waals surface area contributed by atoms with Crippen LogP contribution in [0, 0.1) is 17.8 Å². The molecule has 0 spiro atoms. The van der Waals surface area contributed by atoms with Crippen molar-refractivity contribution in [3.63, 3.8) is 0 Å². The highest BCUT2D eigenvalue weighted by atomic mass is 32.2. The number of aliphatic hydroxyl groups is 2. The van der Waals surface area contributed by atoms with Crippen molar-refractivity contribution in [3.05, 3.63) is 91.1 Å². The molecule has 1 amide bonds. The van der Waals surface area contributed by atoms with Gasteiger partial charge in [0.15, 0.2) is 0 Å². The van der Waals surface area contributed by atoms with Gasteiger partial charge >= 0.3 is 6.09 Å². The molecule has 1 saturated carbocycles. The van der Waals surface area contributed by atoms with Crippen molar-refractivity contribution in [2.75, 3.05) is 52.4 Å². The Morgan fingerprint density at radius 2 is 1.84 bits per heavy atom. The molecule has 1 aliphatic heterocycles. The van der Waals surface area contributed by atoms with Gasteiger partial charge in [0.25, 0.3) is 0 Å². The van der Waals surface area contributed by atoms with Gasteiger partial charge in [-0.05, 0) is 86.3 Å². The molecule has 6 atom stereocenters. The Kier molecular flexibility index (Phi) is 16.6.